The van der Waals surface area contributed by atoms with Gasteiger partial charge in [0, 0.05) is 100.0 Å². The summed E-state index contributed by atoms with van der Waals surface area (Å²) in [7, 11) is -3.84. The van der Waals surface area contributed by atoms with E-state index in [-0.39, 0.29) is 103 Å². The van der Waals surface area contributed by atoms with E-state index >= 15 is 8.78 Å². The number of rotatable bonds is 11. The monoisotopic (exact) mass is 765 g/mol. The van der Waals surface area contributed by atoms with Crippen molar-refractivity contribution >= 4 is 44.9 Å². The minimum atomic E-state index is -3.84. The number of hydrogen-bond acceptors (Lipinski definition) is 10. The van der Waals surface area contributed by atoms with Crippen molar-refractivity contribution in [3.63, 3.8) is 0 Å². The number of anilines is 2. The topological polar surface area (TPSA) is 184 Å². The molecule has 0 bridgehead atoms. The van der Waals surface area contributed by atoms with Gasteiger partial charge in [-0.25, -0.2) is 22.2 Å². The molecule has 3 aliphatic heterocycles. The number of nitrogens with zero attached hydrogens (tertiary/aromatic N) is 5. The number of piperidine rings is 1. The molecule has 2 aromatic rings. The van der Waals surface area contributed by atoms with Gasteiger partial charge in [-0.1, -0.05) is 11.6 Å². The predicted octanol–water partition coefficient (Wildman–Crippen LogP) is 2.07. The lowest BCUT2D eigenvalue weighted by Crippen LogP contribution is -2.52. The van der Waals surface area contributed by atoms with Crippen LogP contribution in [-0.2, 0) is 25.5 Å². The van der Waals surface area contributed by atoms with Crippen LogP contribution in [0.3, 0.4) is 0 Å². The Kier molecular flexibility index (Phi) is 12.0. The van der Waals surface area contributed by atoms with Crippen LogP contribution in [0.15, 0.2) is 41.3 Å². The summed E-state index contributed by atoms with van der Waals surface area (Å²) in [5, 5.41) is 2.92. The molecular weight excluding hydrogens is 716 g/mol. The van der Waals surface area contributed by atoms with Crippen molar-refractivity contribution in [2.75, 3.05) is 68.7 Å². The minimum Gasteiger partial charge on any atom is -0.356 e. The van der Waals surface area contributed by atoms with Gasteiger partial charge in [0.2, 0.25) is 21.8 Å². The standard InChI is InChI=1S/C35H50ClF2N9O4S/c36-31-16-25(35(37,38)24-4-2-23(3-5-24)34(49)42-10-1-11-44-20-26(39)18-27(40)21-44)17-32(43-31)45-12-14-46(15-13-45)52(50,51)30-8-6-29(7-9-30)47-22-28(41)19-33(47)48/h6-9,16-17,23-24,26-28H,1-5,10-15,18-22,39-41H2,(H,42,49)/t23?,24?,26-,27+,28-/m1/s1. The smallest absolute Gasteiger partial charge is 0.276 e. The largest absolute Gasteiger partial charge is 0.356 e. The highest BCUT2D eigenvalue weighted by molar-refractivity contribution is 7.89. The number of piperazine rings is 1. The lowest BCUT2D eigenvalue weighted by molar-refractivity contribution is -0.129. The Hall–Kier alpha value is -2.99. The quantitative estimate of drug-likeness (QED) is 0.195. The number of sulfonamides is 1. The fraction of sp³-hybridized carbons (Fsp3) is 0.629. The van der Waals surface area contributed by atoms with E-state index in [9.17, 15) is 18.0 Å². The highest BCUT2D eigenvalue weighted by Gasteiger charge is 2.44. The highest BCUT2D eigenvalue weighted by Crippen LogP contribution is 2.46. The number of nitrogens with one attached hydrogen (secondary N) is 1. The van der Waals surface area contributed by atoms with Crippen molar-refractivity contribution in [3.8, 4) is 0 Å². The molecule has 3 saturated heterocycles. The molecule has 6 rings (SSSR count). The number of alkyl halides is 2. The number of pyridine rings is 1. The van der Waals surface area contributed by atoms with Crippen LogP contribution in [-0.4, -0.2) is 111 Å². The molecule has 4 fully saturated rings. The zero-order valence-corrected chi connectivity index (χ0v) is 30.9. The van der Waals surface area contributed by atoms with Crippen LogP contribution in [0.2, 0.25) is 5.15 Å². The van der Waals surface area contributed by atoms with Crippen molar-refractivity contribution in [3.05, 3.63) is 47.1 Å². The van der Waals surface area contributed by atoms with Gasteiger partial charge in [-0.2, -0.15) is 4.31 Å². The molecule has 13 nitrogen and oxygen atoms in total. The molecule has 1 aromatic heterocycles. The molecule has 286 valence electrons. The average Bonchev–Trinajstić information content (AvgIpc) is 3.46. The molecule has 4 aliphatic rings. The molecule has 1 aromatic carbocycles. The maximum absolute atomic E-state index is 16.0. The number of amides is 2. The zero-order chi connectivity index (χ0) is 37.2. The van der Waals surface area contributed by atoms with E-state index < -0.39 is 21.9 Å². The highest BCUT2D eigenvalue weighted by atomic mass is 35.5. The van der Waals surface area contributed by atoms with Gasteiger partial charge in [0.05, 0.1) is 4.90 Å². The number of carbonyl (C=O) groups is 2. The Morgan fingerprint density at radius 1 is 0.942 bits per heavy atom. The molecule has 0 unspecified atom stereocenters. The predicted molar refractivity (Wildman–Crippen MR) is 196 cm³/mol. The van der Waals surface area contributed by atoms with Gasteiger partial charge >= 0.3 is 0 Å². The molecule has 52 heavy (non-hydrogen) atoms. The molecule has 17 heteroatoms. The van der Waals surface area contributed by atoms with E-state index in [1.165, 1.54) is 28.6 Å². The van der Waals surface area contributed by atoms with E-state index in [2.05, 4.69) is 15.2 Å². The third-order valence-corrected chi connectivity index (χ3v) is 12.9. The number of aromatic nitrogens is 1. The Morgan fingerprint density at radius 2 is 1.60 bits per heavy atom. The fourth-order valence-corrected chi connectivity index (χ4v) is 9.62. The van der Waals surface area contributed by atoms with Crippen LogP contribution < -0.4 is 32.3 Å². The summed E-state index contributed by atoms with van der Waals surface area (Å²) in [6, 6.07) is 8.58. The van der Waals surface area contributed by atoms with E-state index in [4.69, 9.17) is 28.8 Å². The van der Waals surface area contributed by atoms with Gasteiger partial charge < -0.3 is 37.2 Å². The average molecular weight is 766 g/mol. The molecule has 1 saturated carbocycles. The van der Waals surface area contributed by atoms with Crippen molar-refractivity contribution in [2.45, 2.75) is 73.9 Å². The summed E-state index contributed by atoms with van der Waals surface area (Å²) < 4.78 is 60.2. The molecule has 1 aliphatic carbocycles. The first kappa shape index (κ1) is 38.7. The van der Waals surface area contributed by atoms with E-state index in [0.717, 1.165) is 32.5 Å². The summed E-state index contributed by atoms with van der Waals surface area (Å²) >= 11 is 6.28. The van der Waals surface area contributed by atoms with Gasteiger partial charge in [0.25, 0.3) is 5.92 Å². The maximum Gasteiger partial charge on any atom is 0.276 e. The first-order chi connectivity index (χ1) is 24.7. The maximum atomic E-state index is 16.0. The third-order valence-electron chi connectivity index (χ3n) is 10.8. The SMILES string of the molecule is N[C@@H]1C[C@H](N)CN(CCCNC(=O)C2CCC(C(F)(F)c3cc(Cl)nc(N4CCN(S(=O)(=O)c5ccc(N6C[C@H](N)CC6=O)cc5)CC4)c3)CC2)C1. The van der Waals surface area contributed by atoms with Gasteiger partial charge in [-0.05, 0) is 81.5 Å². The molecule has 3 atom stereocenters. The van der Waals surface area contributed by atoms with Crippen molar-refractivity contribution in [1.82, 2.24) is 19.5 Å². The summed E-state index contributed by atoms with van der Waals surface area (Å²) in [6.45, 7) is 3.98. The zero-order valence-electron chi connectivity index (χ0n) is 29.3. The number of nitrogens with two attached hydrogens (primary N) is 3. The number of halogens is 3. The molecule has 2 amide bonds. The summed E-state index contributed by atoms with van der Waals surface area (Å²) in [5.74, 6) is -4.39. The van der Waals surface area contributed by atoms with Crippen molar-refractivity contribution in [2.24, 2.45) is 29.0 Å². The van der Waals surface area contributed by atoms with Gasteiger partial charge in [0.15, 0.2) is 0 Å². The van der Waals surface area contributed by atoms with Gasteiger partial charge in [0.1, 0.15) is 11.0 Å². The molecule has 0 spiro atoms. The van der Waals surface area contributed by atoms with Crippen LogP contribution in [0.25, 0.3) is 0 Å². The molecular formula is C35H50ClF2N9O4S. The van der Waals surface area contributed by atoms with E-state index in [0.29, 0.717) is 31.6 Å². The molecule has 4 heterocycles. The van der Waals surface area contributed by atoms with Crippen LogP contribution in [0.4, 0.5) is 20.3 Å². The normalized spacial score (nSPS) is 26.9. The second kappa shape index (κ2) is 16.2. The van der Waals surface area contributed by atoms with Crippen LogP contribution >= 0.6 is 11.6 Å². The van der Waals surface area contributed by atoms with Gasteiger partial charge in [-0.15, -0.1) is 0 Å². The van der Waals surface area contributed by atoms with E-state index in [1.54, 1.807) is 21.9 Å². The summed E-state index contributed by atoms with van der Waals surface area (Å²) in [4.78, 5) is 35.0. The lowest BCUT2D eigenvalue weighted by Gasteiger charge is -2.36. The number of likely N-dealkylation sites (tertiary alicyclic amines) is 1. The number of hydrogen-bond donors (Lipinski definition) is 4. The molecule has 7 N–H and O–H groups in total. The Balaban J connectivity index is 0.994. The van der Waals surface area contributed by atoms with Crippen LogP contribution in [0, 0.1) is 11.8 Å². The Bertz CT molecular complexity index is 1680. The third kappa shape index (κ3) is 8.86. The van der Waals surface area contributed by atoms with Crippen LogP contribution in [0.1, 0.15) is 50.5 Å². The Labute approximate surface area is 309 Å². The fourth-order valence-electron chi connectivity index (χ4n) is 8.00. The second-order valence-electron chi connectivity index (χ2n) is 14.7. The van der Waals surface area contributed by atoms with Gasteiger partial charge in [-0.3, -0.25) is 9.59 Å². The summed E-state index contributed by atoms with van der Waals surface area (Å²) in [5.41, 5.74) is 18.4. The second-order valence-corrected chi connectivity index (χ2v) is 17.0. The summed E-state index contributed by atoms with van der Waals surface area (Å²) in [6.07, 6.45) is 2.97. The van der Waals surface area contributed by atoms with Crippen molar-refractivity contribution in [1.29, 1.82) is 0 Å². The minimum absolute atomic E-state index is 0.0655. The number of carbonyl (C=O) groups excluding carboxylic acids is 2. The first-order valence-corrected chi connectivity index (χ1v) is 20.0. The van der Waals surface area contributed by atoms with Crippen LogP contribution in [0.5, 0.6) is 0 Å². The first-order valence-electron chi connectivity index (χ1n) is 18.2. The number of benzene rings is 1. The lowest BCUT2D eigenvalue weighted by atomic mass is 9.77. The Morgan fingerprint density at radius 3 is 2.21 bits per heavy atom. The molecule has 0 radical (unpaired) electrons. The van der Waals surface area contributed by atoms with E-state index in [1.807, 2.05) is 0 Å². The van der Waals surface area contributed by atoms with Crippen molar-refractivity contribution < 1.29 is 26.8 Å².